The topological polar surface area (TPSA) is 66.9 Å². The second-order valence-corrected chi connectivity index (χ2v) is 12.2. The molecule has 7 heteroatoms. The first-order valence-electron chi connectivity index (χ1n) is 15.1. The van der Waals surface area contributed by atoms with Gasteiger partial charge in [0.2, 0.25) is 11.8 Å². The summed E-state index contributed by atoms with van der Waals surface area (Å²) in [5.41, 5.74) is 3.38. The van der Waals surface area contributed by atoms with Crippen LogP contribution in [0.2, 0.25) is 0 Å². The lowest BCUT2D eigenvalue weighted by atomic mass is 9.88. The average Bonchev–Trinajstić information content (AvgIpc) is 2.98. The molecule has 0 saturated carbocycles. The fourth-order valence-corrected chi connectivity index (χ4v) is 5.65. The molecule has 2 aliphatic rings. The molecule has 0 unspecified atom stereocenters. The minimum Gasteiger partial charge on any atom is -0.489 e. The molecule has 0 radical (unpaired) electrons. The number of para-hydroxylation sites is 2. The van der Waals surface area contributed by atoms with Gasteiger partial charge < -0.3 is 14.8 Å². The number of ether oxygens (including phenoxy) is 2. The van der Waals surface area contributed by atoms with E-state index in [2.05, 4.69) is 58.2 Å². The molecular weight excluding hydrogens is 512 g/mol. The lowest BCUT2D eigenvalue weighted by Crippen LogP contribution is -2.37. The van der Waals surface area contributed by atoms with Crippen molar-refractivity contribution >= 4 is 5.91 Å². The summed E-state index contributed by atoms with van der Waals surface area (Å²) < 4.78 is 12.5. The van der Waals surface area contributed by atoms with Gasteiger partial charge in [0.25, 0.3) is 0 Å². The molecule has 1 N–H and O–H groups in total. The number of piperidine rings is 1. The largest absolute Gasteiger partial charge is 0.489 e. The molecule has 2 aromatic carbocycles. The fraction of sp³-hybridized carbons (Fsp3) is 0.471. The number of benzene rings is 2. The molecular formula is C34H44N4O3. The van der Waals surface area contributed by atoms with Gasteiger partial charge in [-0.3, -0.25) is 14.6 Å². The van der Waals surface area contributed by atoms with Crippen LogP contribution in [0, 0.1) is 5.41 Å². The van der Waals surface area contributed by atoms with Crippen LogP contribution < -0.4 is 14.8 Å². The Morgan fingerprint density at radius 1 is 0.902 bits per heavy atom. The molecule has 1 amide bonds. The zero-order valence-electron chi connectivity index (χ0n) is 24.6. The molecule has 5 rings (SSSR count). The highest BCUT2D eigenvalue weighted by Gasteiger charge is 2.23. The second kappa shape index (κ2) is 14.0. The Morgan fingerprint density at radius 3 is 2.54 bits per heavy atom. The molecule has 0 aliphatic carbocycles. The van der Waals surface area contributed by atoms with Crippen molar-refractivity contribution in [3.8, 4) is 17.4 Å². The van der Waals surface area contributed by atoms with Crippen LogP contribution in [0.5, 0.6) is 17.4 Å². The molecule has 41 heavy (non-hydrogen) atoms. The highest BCUT2D eigenvalue weighted by Crippen LogP contribution is 2.34. The molecule has 2 aliphatic heterocycles. The molecule has 218 valence electrons. The van der Waals surface area contributed by atoms with Crippen LogP contribution in [-0.4, -0.2) is 53.5 Å². The number of carbonyl (C=O) groups excluding carboxylic acids is 1. The maximum Gasteiger partial charge on any atom is 0.234 e. The standard InChI is InChI=1S/C34H44N4O3/c1-34(2)16-10-20-38(24-29-13-9-17-35-33(29)41-31-15-5-4-14-30(31)40-26-34)25-32(39)36-22-27-11-8-12-28(21-27)23-37-18-6-3-7-19-37/h4-5,8-9,11-15,17,21H,3,6-7,10,16,18-20,22-26H2,1-2H3,(H,36,39). The van der Waals surface area contributed by atoms with Gasteiger partial charge >= 0.3 is 0 Å². The van der Waals surface area contributed by atoms with Gasteiger partial charge in [-0.25, -0.2) is 4.98 Å². The van der Waals surface area contributed by atoms with E-state index in [1.54, 1.807) is 6.20 Å². The number of fused-ring (bicyclic) bond motifs is 2. The van der Waals surface area contributed by atoms with Gasteiger partial charge in [-0.05, 0) is 80.1 Å². The Balaban J connectivity index is 1.25. The SMILES string of the molecule is CC1(C)CCCN(CC(=O)NCc2cccc(CN3CCCCC3)c2)Cc2cccnc2Oc2ccccc2OC1. The number of hydrogen-bond donors (Lipinski definition) is 1. The van der Waals surface area contributed by atoms with Crippen molar-refractivity contribution in [2.24, 2.45) is 5.41 Å². The first kappa shape index (κ1) is 29.1. The number of aromatic nitrogens is 1. The normalized spacial score (nSPS) is 18.3. The molecule has 1 saturated heterocycles. The predicted octanol–water partition coefficient (Wildman–Crippen LogP) is 6.18. The summed E-state index contributed by atoms with van der Waals surface area (Å²) in [7, 11) is 0. The summed E-state index contributed by atoms with van der Waals surface area (Å²) >= 11 is 0. The lowest BCUT2D eigenvalue weighted by molar-refractivity contribution is -0.122. The van der Waals surface area contributed by atoms with E-state index in [1.807, 2.05) is 36.4 Å². The molecule has 0 spiro atoms. The number of likely N-dealkylation sites (tertiary alicyclic amines) is 1. The first-order chi connectivity index (χ1) is 19.9. The van der Waals surface area contributed by atoms with Crippen LogP contribution in [-0.2, 0) is 24.4 Å². The number of hydrogen-bond acceptors (Lipinski definition) is 6. The van der Waals surface area contributed by atoms with Crippen molar-refractivity contribution in [1.82, 2.24) is 20.1 Å². The van der Waals surface area contributed by atoms with E-state index in [1.165, 1.54) is 37.9 Å². The summed E-state index contributed by atoms with van der Waals surface area (Å²) in [5.74, 6) is 1.93. The number of carbonyl (C=O) groups is 1. The summed E-state index contributed by atoms with van der Waals surface area (Å²) in [4.78, 5) is 22.5. The molecule has 7 nitrogen and oxygen atoms in total. The summed E-state index contributed by atoms with van der Waals surface area (Å²) in [5, 5.41) is 3.17. The minimum absolute atomic E-state index is 0.0145. The third-order valence-electron chi connectivity index (χ3n) is 7.95. The summed E-state index contributed by atoms with van der Waals surface area (Å²) in [6.45, 7) is 10.6. The number of pyridine rings is 1. The number of nitrogens with zero attached hydrogens (tertiary/aromatic N) is 3. The van der Waals surface area contributed by atoms with Crippen LogP contribution >= 0.6 is 0 Å². The molecule has 3 heterocycles. The Labute approximate surface area is 244 Å². The lowest BCUT2D eigenvalue weighted by Gasteiger charge is -2.27. The average molecular weight is 557 g/mol. The molecule has 1 aromatic heterocycles. The van der Waals surface area contributed by atoms with Gasteiger partial charge in [0, 0.05) is 31.4 Å². The van der Waals surface area contributed by atoms with Gasteiger partial charge in [0.15, 0.2) is 11.5 Å². The van der Waals surface area contributed by atoms with Crippen molar-refractivity contribution in [2.75, 3.05) is 32.8 Å². The smallest absolute Gasteiger partial charge is 0.234 e. The van der Waals surface area contributed by atoms with Crippen molar-refractivity contribution in [3.63, 3.8) is 0 Å². The predicted molar refractivity (Wildman–Crippen MR) is 162 cm³/mol. The summed E-state index contributed by atoms with van der Waals surface area (Å²) in [6, 6.07) is 20.3. The molecule has 3 aromatic rings. The first-order valence-corrected chi connectivity index (χ1v) is 15.1. The van der Waals surface area contributed by atoms with Crippen molar-refractivity contribution in [3.05, 3.63) is 83.6 Å². The van der Waals surface area contributed by atoms with Crippen LogP contribution in [0.3, 0.4) is 0 Å². The highest BCUT2D eigenvalue weighted by atomic mass is 16.5. The van der Waals surface area contributed by atoms with E-state index in [4.69, 9.17) is 9.47 Å². The Kier molecular flexibility index (Phi) is 9.91. The number of nitrogens with one attached hydrogen (secondary N) is 1. The van der Waals surface area contributed by atoms with Gasteiger partial charge in [-0.2, -0.15) is 0 Å². The van der Waals surface area contributed by atoms with Gasteiger partial charge in [0.05, 0.1) is 13.2 Å². The van der Waals surface area contributed by atoms with Gasteiger partial charge in [0.1, 0.15) is 0 Å². The Hall–Kier alpha value is -3.42. The van der Waals surface area contributed by atoms with E-state index in [0.29, 0.717) is 43.6 Å². The van der Waals surface area contributed by atoms with E-state index in [-0.39, 0.29) is 11.3 Å². The highest BCUT2D eigenvalue weighted by molar-refractivity contribution is 5.78. The minimum atomic E-state index is -0.0145. The molecule has 1 fully saturated rings. The zero-order valence-corrected chi connectivity index (χ0v) is 24.6. The maximum absolute atomic E-state index is 13.2. The van der Waals surface area contributed by atoms with Crippen LogP contribution in [0.4, 0.5) is 0 Å². The van der Waals surface area contributed by atoms with E-state index in [0.717, 1.165) is 37.1 Å². The third-order valence-corrected chi connectivity index (χ3v) is 7.95. The maximum atomic E-state index is 13.2. The van der Waals surface area contributed by atoms with Gasteiger partial charge in [-0.1, -0.05) is 62.7 Å². The van der Waals surface area contributed by atoms with Crippen molar-refractivity contribution in [1.29, 1.82) is 0 Å². The fourth-order valence-electron chi connectivity index (χ4n) is 5.65. The van der Waals surface area contributed by atoms with E-state index in [9.17, 15) is 4.79 Å². The third kappa shape index (κ3) is 8.78. The Morgan fingerprint density at radius 2 is 1.68 bits per heavy atom. The van der Waals surface area contributed by atoms with Crippen molar-refractivity contribution in [2.45, 2.75) is 65.6 Å². The van der Waals surface area contributed by atoms with E-state index < -0.39 is 0 Å². The number of rotatable bonds is 6. The summed E-state index contributed by atoms with van der Waals surface area (Å²) in [6.07, 6.45) is 7.60. The zero-order chi connectivity index (χ0) is 28.5. The van der Waals surface area contributed by atoms with E-state index >= 15 is 0 Å². The monoisotopic (exact) mass is 556 g/mol. The molecule has 0 bridgehead atoms. The van der Waals surface area contributed by atoms with Crippen LogP contribution in [0.15, 0.2) is 66.9 Å². The van der Waals surface area contributed by atoms with Crippen LogP contribution in [0.25, 0.3) is 0 Å². The van der Waals surface area contributed by atoms with Crippen molar-refractivity contribution < 1.29 is 14.3 Å². The van der Waals surface area contributed by atoms with Gasteiger partial charge in [-0.15, -0.1) is 0 Å². The van der Waals surface area contributed by atoms with Crippen LogP contribution in [0.1, 0.15) is 62.6 Å². The molecule has 0 atom stereocenters. The second-order valence-electron chi connectivity index (χ2n) is 12.2. The Bertz CT molecular complexity index is 1290. The quantitative estimate of drug-likeness (QED) is 0.391. The number of amides is 1.